The average Bonchev–Trinajstić information content (AvgIpc) is 3.15. The normalized spacial score (nSPS) is 21.3. The molecule has 0 saturated carbocycles. The summed E-state index contributed by atoms with van der Waals surface area (Å²) in [5.41, 5.74) is -1.70. The number of urea groups is 1. The number of nitrogens with zero attached hydrogens (tertiary/aromatic N) is 2. The van der Waals surface area contributed by atoms with Crippen LogP contribution in [0.25, 0.3) is 0 Å². The molecule has 1 aliphatic heterocycles. The van der Waals surface area contributed by atoms with Crippen molar-refractivity contribution in [1.29, 1.82) is 5.26 Å². The van der Waals surface area contributed by atoms with Gasteiger partial charge in [0.15, 0.2) is 0 Å². The average molecular weight is 560 g/mol. The van der Waals surface area contributed by atoms with Gasteiger partial charge in [0.2, 0.25) is 0 Å². The van der Waals surface area contributed by atoms with Crippen molar-refractivity contribution in [3.63, 3.8) is 0 Å². The van der Waals surface area contributed by atoms with E-state index in [0.29, 0.717) is 12.1 Å². The Hall–Kier alpha value is -3.21. The predicted octanol–water partition coefficient (Wildman–Crippen LogP) is 8.51. The number of hydrogen-bond donors (Lipinski definition) is 1. The topological polar surface area (TPSA) is 56.1 Å². The van der Waals surface area contributed by atoms with E-state index in [1.807, 2.05) is 20.8 Å². The highest BCUT2D eigenvalue weighted by Gasteiger charge is 2.60. The van der Waals surface area contributed by atoms with Gasteiger partial charge >= 0.3 is 6.03 Å². The van der Waals surface area contributed by atoms with Gasteiger partial charge in [-0.1, -0.05) is 62.2 Å². The number of likely N-dealkylation sites (tertiary alicyclic amines) is 1. The summed E-state index contributed by atoms with van der Waals surface area (Å²) in [5, 5.41) is 13.5. The zero-order valence-electron chi connectivity index (χ0n) is 21.0. The maximum Gasteiger partial charge on any atom is 0.322 e. The Bertz CT molecular complexity index is 1400. The number of hydrogen-bond acceptors (Lipinski definition) is 2. The van der Waals surface area contributed by atoms with E-state index >= 15 is 8.78 Å². The molecule has 4 rings (SSSR count). The maximum absolute atomic E-state index is 15.6. The van der Waals surface area contributed by atoms with Crippen LogP contribution in [0.2, 0.25) is 10.0 Å². The Morgan fingerprint density at radius 1 is 1.11 bits per heavy atom. The number of carbonyl (C=O) groups excluding carboxylic acids is 1. The fraction of sp³-hybridized carbons (Fsp3) is 0.310. The lowest BCUT2D eigenvalue weighted by Gasteiger charge is -2.38. The van der Waals surface area contributed by atoms with Crippen molar-refractivity contribution in [2.45, 2.75) is 38.6 Å². The first-order valence-corrected chi connectivity index (χ1v) is 12.8. The number of benzene rings is 3. The highest BCUT2D eigenvalue weighted by molar-refractivity contribution is 6.31. The minimum absolute atomic E-state index is 0.0140. The summed E-state index contributed by atoms with van der Waals surface area (Å²) in [6, 6.07) is 13.9. The van der Waals surface area contributed by atoms with Gasteiger partial charge in [0.1, 0.15) is 22.9 Å². The van der Waals surface area contributed by atoms with E-state index < -0.39 is 40.9 Å². The molecule has 0 spiro atoms. The summed E-state index contributed by atoms with van der Waals surface area (Å²) in [6.07, 6.45) is 0.418. The molecule has 1 fully saturated rings. The zero-order chi connectivity index (χ0) is 27.8. The molecule has 4 nitrogen and oxygen atoms in total. The molecule has 3 aromatic rings. The Morgan fingerprint density at radius 3 is 2.39 bits per heavy atom. The van der Waals surface area contributed by atoms with Crippen LogP contribution in [0.3, 0.4) is 0 Å². The number of rotatable bonds is 4. The van der Waals surface area contributed by atoms with Crippen LogP contribution in [0.5, 0.6) is 0 Å². The highest BCUT2D eigenvalue weighted by atomic mass is 35.5. The first-order chi connectivity index (χ1) is 17.9. The molecule has 3 atom stereocenters. The molecule has 3 aromatic carbocycles. The lowest BCUT2D eigenvalue weighted by molar-refractivity contribution is 0.198. The van der Waals surface area contributed by atoms with E-state index in [1.165, 1.54) is 59.5 Å². The molecule has 0 aromatic heterocycles. The highest BCUT2D eigenvalue weighted by Crippen LogP contribution is 2.56. The van der Waals surface area contributed by atoms with E-state index in [2.05, 4.69) is 11.4 Å². The minimum Gasteiger partial charge on any atom is -0.315 e. The van der Waals surface area contributed by atoms with Crippen LogP contribution in [0.1, 0.15) is 44.4 Å². The van der Waals surface area contributed by atoms with Crippen LogP contribution in [0, 0.1) is 40.1 Å². The predicted molar refractivity (Wildman–Crippen MR) is 143 cm³/mol. The molecular formula is C29H26Cl2F3N3O. The molecule has 38 heavy (non-hydrogen) atoms. The largest absolute Gasteiger partial charge is 0.322 e. The maximum atomic E-state index is 15.6. The monoisotopic (exact) mass is 559 g/mol. The molecule has 0 radical (unpaired) electrons. The second-order valence-electron chi connectivity index (χ2n) is 10.7. The third-order valence-electron chi connectivity index (χ3n) is 6.86. The van der Waals surface area contributed by atoms with Crippen LogP contribution in [-0.2, 0) is 5.41 Å². The molecule has 1 N–H and O–H groups in total. The van der Waals surface area contributed by atoms with Crippen molar-refractivity contribution in [2.24, 2.45) is 11.3 Å². The Morgan fingerprint density at radius 2 is 1.79 bits per heavy atom. The van der Waals surface area contributed by atoms with Crippen LogP contribution < -0.4 is 5.32 Å². The van der Waals surface area contributed by atoms with Crippen molar-refractivity contribution in [3.8, 4) is 6.07 Å². The van der Waals surface area contributed by atoms with Gasteiger partial charge in [-0.15, -0.1) is 0 Å². The van der Waals surface area contributed by atoms with Gasteiger partial charge in [-0.05, 0) is 54.3 Å². The lowest BCUT2D eigenvalue weighted by atomic mass is 9.63. The van der Waals surface area contributed by atoms with E-state index in [1.54, 1.807) is 0 Å². The van der Waals surface area contributed by atoms with Crippen LogP contribution >= 0.6 is 23.2 Å². The fourth-order valence-electron chi connectivity index (χ4n) is 5.40. The summed E-state index contributed by atoms with van der Waals surface area (Å²) in [7, 11) is 0. The van der Waals surface area contributed by atoms with Crippen molar-refractivity contribution < 1.29 is 18.0 Å². The van der Waals surface area contributed by atoms with E-state index in [9.17, 15) is 14.4 Å². The molecule has 2 amide bonds. The van der Waals surface area contributed by atoms with Gasteiger partial charge in [-0.2, -0.15) is 5.26 Å². The summed E-state index contributed by atoms with van der Waals surface area (Å²) in [6.45, 7) is 5.95. The molecule has 198 valence electrons. The molecule has 3 unspecified atom stereocenters. The summed E-state index contributed by atoms with van der Waals surface area (Å²) >= 11 is 12.2. The molecule has 1 heterocycles. The summed E-state index contributed by atoms with van der Waals surface area (Å²) in [5.74, 6) is -2.60. The van der Waals surface area contributed by atoms with Crippen molar-refractivity contribution >= 4 is 34.9 Å². The molecule has 0 bridgehead atoms. The zero-order valence-corrected chi connectivity index (χ0v) is 22.5. The molecule has 1 aliphatic rings. The van der Waals surface area contributed by atoms with Crippen molar-refractivity contribution in [1.82, 2.24) is 4.90 Å². The summed E-state index contributed by atoms with van der Waals surface area (Å²) < 4.78 is 44.7. The van der Waals surface area contributed by atoms with Gasteiger partial charge in [-0.25, -0.2) is 18.0 Å². The van der Waals surface area contributed by atoms with Crippen LogP contribution in [0.4, 0.5) is 23.7 Å². The van der Waals surface area contributed by atoms with Crippen LogP contribution in [-0.4, -0.2) is 17.5 Å². The second-order valence-corrected chi connectivity index (χ2v) is 11.5. The van der Waals surface area contributed by atoms with Crippen molar-refractivity contribution in [3.05, 3.63) is 99.3 Å². The van der Waals surface area contributed by atoms with Gasteiger partial charge < -0.3 is 10.2 Å². The number of nitriles is 1. The number of carbonyl (C=O) groups is 1. The second kappa shape index (κ2) is 10.5. The SMILES string of the molecule is CC(C)(C)CC1CN(C(=O)Nc2ccc(F)cc2)C(c2cccc(Cl)c2F)C1(C#N)c1ccc(Cl)cc1F. The molecule has 1 saturated heterocycles. The Balaban J connectivity index is 1.96. The van der Waals surface area contributed by atoms with Crippen LogP contribution in [0.15, 0.2) is 60.7 Å². The quantitative estimate of drug-likeness (QED) is 0.348. The van der Waals surface area contributed by atoms with Gasteiger partial charge in [0.05, 0.1) is 17.1 Å². The number of halogens is 5. The van der Waals surface area contributed by atoms with E-state index in [4.69, 9.17) is 23.2 Å². The van der Waals surface area contributed by atoms with Gasteiger partial charge in [-0.3, -0.25) is 0 Å². The lowest BCUT2D eigenvalue weighted by Crippen LogP contribution is -2.42. The first-order valence-electron chi connectivity index (χ1n) is 12.0. The smallest absolute Gasteiger partial charge is 0.315 e. The first kappa shape index (κ1) is 27.8. The number of amides is 2. The molecule has 9 heteroatoms. The minimum atomic E-state index is -1.69. The third-order valence-corrected chi connectivity index (χ3v) is 7.38. The Labute approximate surface area is 230 Å². The third kappa shape index (κ3) is 5.21. The van der Waals surface area contributed by atoms with E-state index in [-0.39, 0.29) is 33.1 Å². The summed E-state index contributed by atoms with van der Waals surface area (Å²) in [4.78, 5) is 15.0. The Kier molecular flexibility index (Phi) is 7.69. The fourth-order valence-corrected chi connectivity index (χ4v) is 5.74. The molecular weight excluding hydrogens is 534 g/mol. The molecule has 0 aliphatic carbocycles. The van der Waals surface area contributed by atoms with Gasteiger partial charge in [0, 0.05) is 34.3 Å². The van der Waals surface area contributed by atoms with E-state index in [0.717, 1.165) is 6.07 Å². The van der Waals surface area contributed by atoms with Crippen molar-refractivity contribution in [2.75, 3.05) is 11.9 Å². The van der Waals surface area contributed by atoms with Gasteiger partial charge in [0.25, 0.3) is 0 Å². The number of anilines is 1. The number of nitrogens with one attached hydrogen (secondary N) is 1. The standard InChI is InChI=1S/C29H26Cl2F3N3O/c1-28(2,3)14-17-15-37(27(38)36-20-10-8-19(32)9-11-20)26(21-5-4-6-23(31)25(21)34)29(17,16-35)22-12-7-18(30)13-24(22)33/h4-13,17,26H,14-15H2,1-3H3,(H,36,38).